The molecule has 0 saturated heterocycles. The van der Waals surface area contributed by atoms with Crippen LogP contribution in [0.25, 0.3) is 0 Å². The second kappa shape index (κ2) is 6.28. The normalized spacial score (nSPS) is 13.3. The van der Waals surface area contributed by atoms with Crippen molar-refractivity contribution in [2.24, 2.45) is 0 Å². The van der Waals surface area contributed by atoms with Crippen LogP contribution in [0.3, 0.4) is 0 Å². The standard InChI is InChI=1S/C10H10Cl3NO4S/c1-2-8(10(15)16)14-19(17,18)9-6(12)3-5(11)4-7(9)13/h3-4,8,14H,2H2,1H3,(H,15,16). The topological polar surface area (TPSA) is 83.5 Å². The van der Waals surface area contributed by atoms with Crippen molar-refractivity contribution in [3.8, 4) is 0 Å². The average Bonchev–Trinajstić information content (AvgIpc) is 2.23. The highest BCUT2D eigenvalue weighted by Crippen LogP contribution is 2.32. The second-order valence-corrected chi connectivity index (χ2v) is 6.52. The van der Waals surface area contributed by atoms with Gasteiger partial charge in [0.05, 0.1) is 10.0 Å². The number of halogens is 3. The number of nitrogens with one attached hydrogen (secondary N) is 1. The molecule has 1 unspecified atom stereocenters. The predicted molar refractivity (Wildman–Crippen MR) is 73.5 cm³/mol. The summed E-state index contributed by atoms with van der Waals surface area (Å²) in [5.41, 5.74) is 0. The molecule has 0 bridgehead atoms. The summed E-state index contributed by atoms with van der Waals surface area (Å²) < 4.78 is 26.2. The van der Waals surface area contributed by atoms with E-state index in [-0.39, 0.29) is 26.4 Å². The highest BCUT2D eigenvalue weighted by atomic mass is 35.5. The van der Waals surface area contributed by atoms with E-state index in [0.717, 1.165) is 0 Å². The molecule has 1 atom stereocenters. The molecule has 1 aromatic rings. The number of hydrogen-bond acceptors (Lipinski definition) is 3. The van der Waals surface area contributed by atoms with Crippen LogP contribution in [0, 0.1) is 0 Å². The maximum absolute atomic E-state index is 12.1. The molecule has 19 heavy (non-hydrogen) atoms. The van der Waals surface area contributed by atoms with Gasteiger partial charge in [-0.3, -0.25) is 4.79 Å². The van der Waals surface area contributed by atoms with Gasteiger partial charge in [0.1, 0.15) is 10.9 Å². The summed E-state index contributed by atoms with van der Waals surface area (Å²) in [5, 5.41) is 8.68. The van der Waals surface area contributed by atoms with Gasteiger partial charge in [0.25, 0.3) is 0 Å². The first-order chi connectivity index (χ1) is 8.69. The van der Waals surface area contributed by atoms with E-state index in [1.165, 1.54) is 19.1 Å². The number of sulfonamides is 1. The van der Waals surface area contributed by atoms with Gasteiger partial charge in [0, 0.05) is 5.02 Å². The molecule has 0 spiro atoms. The monoisotopic (exact) mass is 345 g/mol. The van der Waals surface area contributed by atoms with E-state index in [2.05, 4.69) is 0 Å². The molecular weight excluding hydrogens is 337 g/mol. The van der Waals surface area contributed by atoms with Gasteiger partial charge in [-0.25, -0.2) is 8.42 Å². The Morgan fingerprint density at radius 2 is 1.79 bits per heavy atom. The van der Waals surface area contributed by atoms with E-state index < -0.39 is 22.0 Å². The zero-order valence-corrected chi connectivity index (χ0v) is 12.7. The Bertz CT molecular complexity index is 580. The quantitative estimate of drug-likeness (QED) is 0.858. The van der Waals surface area contributed by atoms with Crippen LogP contribution in [0.5, 0.6) is 0 Å². The van der Waals surface area contributed by atoms with Gasteiger partial charge >= 0.3 is 5.97 Å². The molecule has 0 radical (unpaired) electrons. The van der Waals surface area contributed by atoms with Gasteiger partial charge in [0.15, 0.2) is 0 Å². The number of benzene rings is 1. The Morgan fingerprint density at radius 3 is 2.16 bits per heavy atom. The van der Waals surface area contributed by atoms with Gasteiger partial charge in [0.2, 0.25) is 10.0 Å². The van der Waals surface area contributed by atoms with E-state index in [9.17, 15) is 13.2 Å². The predicted octanol–water partition coefficient (Wildman–Crippen LogP) is 2.79. The van der Waals surface area contributed by atoms with Crippen molar-refractivity contribution < 1.29 is 18.3 Å². The molecule has 0 aliphatic heterocycles. The zero-order valence-electron chi connectivity index (χ0n) is 9.65. The molecular formula is C10H10Cl3NO4S. The van der Waals surface area contributed by atoms with Crippen LogP contribution >= 0.6 is 34.8 Å². The van der Waals surface area contributed by atoms with Crippen molar-refractivity contribution in [2.45, 2.75) is 24.3 Å². The maximum atomic E-state index is 12.1. The first kappa shape index (κ1) is 16.5. The first-order valence-corrected chi connectivity index (χ1v) is 7.70. The summed E-state index contributed by atoms with van der Waals surface area (Å²) >= 11 is 17.3. The van der Waals surface area contributed by atoms with Crippen LogP contribution in [0.15, 0.2) is 17.0 Å². The van der Waals surface area contributed by atoms with Crippen molar-refractivity contribution in [3.63, 3.8) is 0 Å². The third-order valence-electron chi connectivity index (χ3n) is 2.24. The Labute approximate surface area is 125 Å². The summed E-state index contributed by atoms with van der Waals surface area (Å²) in [4.78, 5) is 10.5. The smallest absolute Gasteiger partial charge is 0.321 e. The maximum Gasteiger partial charge on any atom is 0.321 e. The molecule has 0 aliphatic carbocycles. The van der Waals surface area contributed by atoms with Crippen LogP contribution in [0.2, 0.25) is 15.1 Å². The van der Waals surface area contributed by atoms with Gasteiger partial charge in [-0.15, -0.1) is 0 Å². The Morgan fingerprint density at radius 1 is 1.32 bits per heavy atom. The minimum absolute atomic E-state index is 0.0807. The summed E-state index contributed by atoms with van der Waals surface area (Å²) in [6.07, 6.45) is 0.0807. The number of hydrogen-bond donors (Lipinski definition) is 2. The molecule has 0 fully saturated rings. The van der Waals surface area contributed by atoms with Crippen molar-refractivity contribution in [1.29, 1.82) is 0 Å². The lowest BCUT2D eigenvalue weighted by Crippen LogP contribution is -2.40. The minimum atomic E-state index is -4.15. The summed E-state index contributed by atoms with van der Waals surface area (Å²) in [7, 11) is -4.15. The van der Waals surface area contributed by atoms with Crippen molar-refractivity contribution in [3.05, 3.63) is 27.2 Å². The van der Waals surface area contributed by atoms with Gasteiger partial charge in [-0.2, -0.15) is 4.72 Å². The summed E-state index contributed by atoms with van der Waals surface area (Å²) in [6, 6.07) is 1.17. The number of carbonyl (C=O) groups is 1. The van der Waals surface area contributed by atoms with Crippen LogP contribution in [0.1, 0.15) is 13.3 Å². The largest absolute Gasteiger partial charge is 0.480 e. The molecule has 2 N–H and O–H groups in total. The first-order valence-electron chi connectivity index (χ1n) is 5.08. The average molecular weight is 347 g/mol. The van der Waals surface area contributed by atoms with Crippen LogP contribution < -0.4 is 4.72 Å². The van der Waals surface area contributed by atoms with Crippen molar-refractivity contribution in [2.75, 3.05) is 0 Å². The second-order valence-electron chi connectivity index (χ2n) is 3.62. The van der Waals surface area contributed by atoms with Crippen LogP contribution in [0.4, 0.5) is 0 Å². The van der Waals surface area contributed by atoms with Gasteiger partial charge in [-0.1, -0.05) is 41.7 Å². The van der Waals surface area contributed by atoms with Gasteiger partial charge < -0.3 is 5.11 Å². The Hall–Kier alpha value is -0.530. The third kappa shape index (κ3) is 3.97. The van der Waals surface area contributed by atoms with Crippen LogP contribution in [-0.2, 0) is 14.8 Å². The molecule has 0 aliphatic rings. The van der Waals surface area contributed by atoms with E-state index in [1.807, 2.05) is 4.72 Å². The number of rotatable bonds is 5. The molecule has 0 amide bonds. The van der Waals surface area contributed by atoms with E-state index >= 15 is 0 Å². The molecule has 0 saturated carbocycles. The molecule has 0 heterocycles. The number of aliphatic carboxylic acids is 1. The van der Waals surface area contributed by atoms with Crippen LogP contribution in [-0.4, -0.2) is 25.5 Å². The van der Waals surface area contributed by atoms with E-state index in [4.69, 9.17) is 39.9 Å². The minimum Gasteiger partial charge on any atom is -0.480 e. The highest BCUT2D eigenvalue weighted by Gasteiger charge is 2.28. The zero-order chi connectivity index (χ0) is 14.8. The van der Waals surface area contributed by atoms with Gasteiger partial charge in [-0.05, 0) is 18.6 Å². The molecule has 9 heteroatoms. The summed E-state index contributed by atoms with van der Waals surface area (Å²) in [5.74, 6) is -1.28. The molecule has 1 aromatic carbocycles. The van der Waals surface area contributed by atoms with Crippen molar-refractivity contribution in [1.82, 2.24) is 4.72 Å². The third-order valence-corrected chi connectivity index (χ3v) is 4.85. The Balaban J connectivity index is 3.25. The summed E-state index contributed by atoms with van der Waals surface area (Å²) in [6.45, 7) is 1.53. The fraction of sp³-hybridized carbons (Fsp3) is 0.300. The number of carboxylic acid groups (broad SMARTS) is 1. The number of carboxylic acids is 1. The molecule has 1 rings (SSSR count). The fourth-order valence-corrected chi connectivity index (χ4v) is 4.16. The molecule has 106 valence electrons. The lowest BCUT2D eigenvalue weighted by molar-refractivity contribution is -0.139. The van der Waals surface area contributed by atoms with Crippen molar-refractivity contribution >= 4 is 50.8 Å². The molecule has 0 aromatic heterocycles. The fourth-order valence-electron chi connectivity index (χ4n) is 1.34. The van der Waals surface area contributed by atoms with E-state index in [0.29, 0.717) is 0 Å². The highest BCUT2D eigenvalue weighted by molar-refractivity contribution is 7.89. The Kier molecular flexibility index (Phi) is 5.46. The SMILES string of the molecule is CCC(NS(=O)(=O)c1c(Cl)cc(Cl)cc1Cl)C(=O)O. The lowest BCUT2D eigenvalue weighted by Gasteiger charge is -2.14. The van der Waals surface area contributed by atoms with E-state index in [1.54, 1.807) is 0 Å². The molecule has 5 nitrogen and oxygen atoms in total. The lowest BCUT2D eigenvalue weighted by atomic mass is 10.2.